The maximum atomic E-state index is 12.6. The molecule has 3 heterocycles. The Hall–Kier alpha value is -1.89. The lowest BCUT2D eigenvalue weighted by Gasteiger charge is -2.32. The van der Waals surface area contributed by atoms with Crippen molar-refractivity contribution in [3.05, 3.63) is 47.5 Å². The Morgan fingerprint density at radius 3 is 2.73 bits per heavy atom. The molecule has 0 saturated carbocycles. The van der Waals surface area contributed by atoms with Gasteiger partial charge in [0.2, 0.25) is 0 Å². The molecule has 1 aliphatic rings. The Morgan fingerprint density at radius 2 is 2.05 bits per heavy atom. The van der Waals surface area contributed by atoms with E-state index in [0.717, 1.165) is 44.1 Å². The number of alkyl halides is 3. The molecule has 4 nitrogen and oxygen atoms in total. The third-order valence-corrected chi connectivity index (χ3v) is 3.99. The van der Waals surface area contributed by atoms with Crippen LogP contribution in [0.1, 0.15) is 35.7 Å². The molecule has 0 radical (unpaired) electrons. The fourth-order valence-corrected chi connectivity index (χ4v) is 2.89. The molecule has 1 fully saturated rings. The predicted molar refractivity (Wildman–Crippen MR) is 75.1 cm³/mol. The minimum absolute atomic E-state index is 0.0687. The van der Waals surface area contributed by atoms with Gasteiger partial charge in [0, 0.05) is 37.1 Å². The molecule has 118 valence electrons. The molecule has 0 spiro atoms. The standard InChI is InChI=1S/C15H17F3N4/c16-15(17,18)14-8-13(20-21-14)12-2-1-7-22(10-12)9-11-3-5-19-6-4-11/h3-6,8,12H,1-2,7,9-10H2,(H,20,21)/t12-/m1/s1. The number of nitrogens with zero attached hydrogens (tertiary/aromatic N) is 3. The molecule has 1 saturated heterocycles. The number of likely N-dealkylation sites (tertiary alicyclic amines) is 1. The Kier molecular flexibility index (Phi) is 4.15. The number of halogens is 3. The van der Waals surface area contributed by atoms with E-state index >= 15 is 0 Å². The minimum Gasteiger partial charge on any atom is -0.298 e. The second-order valence-electron chi connectivity index (χ2n) is 5.64. The zero-order valence-corrected chi connectivity index (χ0v) is 12.0. The minimum atomic E-state index is -4.39. The van der Waals surface area contributed by atoms with Crippen LogP contribution in [0.5, 0.6) is 0 Å². The van der Waals surface area contributed by atoms with Crippen molar-refractivity contribution in [1.29, 1.82) is 0 Å². The smallest absolute Gasteiger partial charge is 0.298 e. The Labute approximate surface area is 126 Å². The fourth-order valence-electron chi connectivity index (χ4n) is 2.89. The van der Waals surface area contributed by atoms with Gasteiger partial charge in [-0.1, -0.05) is 0 Å². The molecule has 0 amide bonds. The predicted octanol–water partition coefficient (Wildman–Crippen LogP) is 3.20. The highest BCUT2D eigenvalue weighted by molar-refractivity contribution is 5.17. The molecule has 0 aromatic carbocycles. The van der Waals surface area contributed by atoms with E-state index in [1.165, 1.54) is 0 Å². The van der Waals surface area contributed by atoms with Gasteiger partial charge >= 0.3 is 6.18 Å². The largest absolute Gasteiger partial charge is 0.435 e. The fraction of sp³-hybridized carbons (Fsp3) is 0.467. The third kappa shape index (κ3) is 3.47. The lowest BCUT2D eigenvalue weighted by atomic mass is 9.94. The highest BCUT2D eigenvalue weighted by Gasteiger charge is 2.35. The second-order valence-corrected chi connectivity index (χ2v) is 5.64. The molecule has 22 heavy (non-hydrogen) atoms. The summed E-state index contributed by atoms with van der Waals surface area (Å²) in [6, 6.07) is 5.06. The molecule has 0 unspecified atom stereocenters. The average Bonchev–Trinajstić information content (AvgIpc) is 2.99. The highest BCUT2D eigenvalue weighted by Crippen LogP contribution is 2.32. The van der Waals surface area contributed by atoms with Crippen LogP contribution in [0, 0.1) is 0 Å². The van der Waals surface area contributed by atoms with Gasteiger partial charge in [0.1, 0.15) is 0 Å². The number of pyridine rings is 1. The number of hydrogen-bond donors (Lipinski definition) is 1. The zero-order chi connectivity index (χ0) is 15.6. The Bertz CT molecular complexity index is 609. The van der Waals surface area contributed by atoms with Crippen LogP contribution in [0.25, 0.3) is 0 Å². The van der Waals surface area contributed by atoms with Gasteiger partial charge in [0.25, 0.3) is 0 Å². The van der Waals surface area contributed by atoms with E-state index in [9.17, 15) is 13.2 Å². The van der Waals surface area contributed by atoms with Crippen molar-refractivity contribution in [3.63, 3.8) is 0 Å². The summed E-state index contributed by atoms with van der Waals surface area (Å²) in [4.78, 5) is 6.25. The van der Waals surface area contributed by atoms with Crippen LogP contribution in [0.4, 0.5) is 13.2 Å². The van der Waals surface area contributed by atoms with Gasteiger partial charge in [0.05, 0.1) is 0 Å². The van der Waals surface area contributed by atoms with E-state index in [1.807, 2.05) is 12.1 Å². The quantitative estimate of drug-likeness (QED) is 0.947. The summed E-state index contributed by atoms with van der Waals surface area (Å²) >= 11 is 0. The number of H-pyrrole nitrogens is 1. The summed E-state index contributed by atoms with van der Waals surface area (Å²) in [5, 5.41) is 5.95. The van der Waals surface area contributed by atoms with Crippen LogP contribution in [0.2, 0.25) is 0 Å². The van der Waals surface area contributed by atoms with Crippen LogP contribution in [-0.2, 0) is 12.7 Å². The van der Waals surface area contributed by atoms with Crippen LogP contribution in [-0.4, -0.2) is 33.2 Å². The van der Waals surface area contributed by atoms with Crippen molar-refractivity contribution in [2.75, 3.05) is 13.1 Å². The molecule has 0 aliphatic carbocycles. The van der Waals surface area contributed by atoms with E-state index in [1.54, 1.807) is 12.4 Å². The molecular formula is C15H17F3N4. The third-order valence-electron chi connectivity index (χ3n) is 3.99. The SMILES string of the molecule is FC(F)(F)c1cc([C@@H]2CCCN(Cc3ccncc3)C2)[nH]n1. The first-order chi connectivity index (χ1) is 10.5. The molecule has 7 heteroatoms. The summed E-state index contributed by atoms with van der Waals surface area (Å²) in [6.07, 6.45) is 0.963. The normalized spacial score (nSPS) is 20.2. The van der Waals surface area contributed by atoms with E-state index in [4.69, 9.17) is 0 Å². The van der Waals surface area contributed by atoms with Crippen LogP contribution in [0.15, 0.2) is 30.6 Å². The number of aromatic amines is 1. The number of hydrogen-bond acceptors (Lipinski definition) is 3. The maximum Gasteiger partial charge on any atom is 0.435 e. The van der Waals surface area contributed by atoms with Crippen molar-refractivity contribution in [1.82, 2.24) is 20.1 Å². The van der Waals surface area contributed by atoms with E-state index in [2.05, 4.69) is 20.1 Å². The first-order valence-electron chi connectivity index (χ1n) is 7.26. The lowest BCUT2D eigenvalue weighted by molar-refractivity contribution is -0.141. The summed E-state index contributed by atoms with van der Waals surface area (Å²) in [6.45, 7) is 2.49. The van der Waals surface area contributed by atoms with Crippen molar-refractivity contribution in [2.45, 2.75) is 31.5 Å². The summed E-state index contributed by atoms with van der Waals surface area (Å²) in [5.74, 6) is 0.0687. The Balaban J connectivity index is 1.67. The van der Waals surface area contributed by atoms with Gasteiger partial charge in [-0.15, -0.1) is 0 Å². The van der Waals surface area contributed by atoms with Gasteiger partial charge in [0.15, 0.2) is 5.69 Å². The second kappa shape index (κ2) is 6.08. The first kappa shape index (κ1) is 15.0. The van der Waals surface area contributed by atoms with Gasteiger partial charge in [-0.25, -0.2) is 0 Å². The molecule has 3 rings (SSSR count). The molecule has 2 aromatic rings. The monoisotopic (exact) mass is 310 g/mol. The molecule has 0 bridgehead atoms. The van der Waals surface area contributed by atoms with Gasteiger partial charge in [-0.05, 0) is 43.1 Å². The van der Waals surface area contributed by atoms with Crippen LogP contribution < -0.4 is 0 Å². The van der Waals surface area contributed by atoms with Crippen LogP contribution >= 0.6 is 0 Å². The van der Waals surface area contributed by atoms with E-state index in [-0.39, 0.29) is 5.92 Å². The van der Waals surface area contributed by atoms with Gasteiger partial charge in [-0.3, -0.25) is 15.0 Å². The van der Waals surface area contributed by atoms with E-state index < -0.39 is 11.9 Å². The molecule has 1 aliphatic heterocycles. The van der Waals surface area contributed by atoms with Gasteiger partial charge < -0.3 is 0 Å². The highest BCUT2D eigenvalue weighted by atomic mass is 19.4. The van der Waals surface area contributed by atoms with Crippen molar-refractivity contribution in [3.8, 4) is 0 Å². The number of nitrogens with one attached hydrogen (secondary N) is 1. The van der Waals surface area contributed by atoms with Crippen LogP contribution in [0.3, 0.4) is 0 Å². The maximum absolute atomic E-state index is 12.6. The summed E-state index contributed by atoms with van der Waals surface area (Å²) in [7, 11) is 0. The summed E-state index contributed by atoms with van der Waals surface area (Å²) < 4.78 is 37.9. The van der Waals surface area contributed by atoms with Crippen molar-refractivity contribution in [2.24, 2.45) is 0 Å². The molecular weight excluding hydrogens is 293 g/mol. The van der Waals surface area contributed by atoms with Crippen molar-refractivity contribution < 1.29 is 13.2 Å². The molecule has 1 atom stereocenters. The molecule has 2 aromatic heterocycles. The zero-order valence-electron chi connectivity index (χ0n) is 12.0. The van der Waals surface area contributed by atoms with E-state index in [0.29, 0.717) is 5.69 Å². The topological polar surface area (TPSA) is 44.8 Å². The average molecular weight is 310 g/mol. The lowest BCUT2D eigenvalue weighted by Crippen LogP contribution is -2.34. The first-order valence-corrected chi connectivity index (χ1v) is 7.26. The van der Waals surface area contributed by atoms with Crippen molar-refractivity contribution >= 4 is 0 Å². The Morgan fingerprint density at radius 1 is 1.27 bits per heavy atom. The number of aromatic nitrogens is 3. The number of piperidine rings is 1. The number of rotatable bonds is 3. The molecule has 1 N–H and O–H groups in total. The summed E-state index contributed by atoms with van der Waals surface area (Å²) in [5.41, 5.74) is 0.900. The van der Waals surface area contributed by atoms with Gasteiger partial charge in [-0.2, -0.15) is 18.3 Å².